The molecule has 8 nitrogen and oxygen atoms in total. The Morgan fingerprint density at radius 1 is 0.717 bits per heavy atom. The first kappa shape index (κ1) is 45.5. The van der Waals surface area contributed by atoms with Gasteiger partial charge in [-0.25, -0.2) is 0 Å². The largest absolute Gasteiger partial charge is 0.498 e. The lowest BCUT2D eigenvalue weighted by Gasteiger charge is -2.40. The molecule has 336 valence electrons. The highest BCUT2D eigenvalue weighted by Gasteiger charge is 2.65. The molecule has 60 heavy (non-hydrogen) atoms. The predicted molar refractivity (Wildman–Crippen MR) is 247 cm³/mol. The molecule has 0 aromatic carbocycles. The summed E-state index contributed by atoms with van der Waals surface area (Å²) in [4.78, 5) is 17.0. The fourth-order valence-electron chi connectivity index (χ4n) is 15.4. The van der Waals surface area contributed by atoms with E-state index >= 15 is 0 Å². The van der Waals surface area contributed by atoms with E-state index in [1.807, 2.05) is 0 Å². The normalized spacial score (nSPS) is 40.5. The number of allylic oxidation sites excluding steroid dienone is 2. The quantitative estimate of drug-likeness (QED) is 0.121. The molecule has 8 heteroatoms. The summed E-state index contributed by atoms with van der Waals surface area (Å²) in [6.45, 7) is 23.6. The molecular weight excluding hydrogens is 745 g/mol. The van der Waals surface area contributed by atoms with Crippen LogP contribution in [0.5, 0.6) is 0 Å². The van der Waals surface area contributed by atoms with Gasteiger partial charge in [0.2, 0.25) is 0 Å². The van der Waals surface area contributed by atoms with Crippen LogP contribution in [0.2, 0.25) is 0 Å². The van der Waals surface area contributed by atoms with Crippen LogP contribution in [0.15, 0.2) is 27.6 Å². The number of hydrogen-bond donors (Lipinski definition) is 0. The molecule has 5 saturated carbocycles. The lowest BCUT2D eigenvalue weighted by Crippen LogP contribution is -2.38. The summed E-state index contributed by atoms with van der Waals surface area (Å²) in [6.07, 6.45) is 25.1. The van der Waals surface area contributed by atoms with E-state index < -0.39 is 0 Å². The van der Waals surface area contributed by atoms with Crippen LogP contribution in [0, 0.1) is 112 Å². The zero-order valence-corrected chi connectivity index (χ0v) is 39.4. The Morgan fingerprint density at radius 2 is 1.30 bits per heavy atom. The summed E-state index contributed by atoms with van der Waals surface area (Å²) in [7, 11) is 0. The first-order valence-electron chi connectivity index (χ1n) is 25.3. The highest BCUT2D eigenvalue weighted by atomic mass is 16.7. The molecule has 0 N–H and O–H groups in total. The second-order valence-electron chi connectivity index (χ2n) is 22.4. The van der Waals surface area contributed by atoms with E-state index in [0.29, 0.717) is 30.3 Å². The van der Waals surface area contributed by atoms with Crippen molar-refractivity contribution in [2.75, 3.05) is 0 Å². The maximum absolute atomic E-state index is 9.76. The molecule has 5 fully saturated rings. The SMILES string of the molecule is CC(C)CC1CC(CC#[N+][O-])=NO1.CCCCC(C)C1C(C)C2CC1C1CC3C(CC4=NOC(CC(C)C)C4)=NOC3C21.CCCCC(C)C1C(C)C2CC1C1CC=CC21. The van der Waals surface area contributed by atoms with E-state index in [1.165, 1.54) is 69.2 Å². The number of unbranched alkanes of at least 4 members (excludes halogenated alkanes) is 2. The lowest BCUT2D eigenvalue weighted by molar-refractivity contribution is -0.0129. The van der Waals surface area contributed by atoms with Gasteiger partial charge in [0, 0.05) is 36.1 Å². The molecule has 18 unspecified atom stereocenters. The second kappa shape index (κ2) is 20.3. The topological polar surface area (TPSA) is 92.2 Å². The molecule has 9 rings (SSSR count). The van der Waals surface area contributed by atoms with Crippen molar-refractivity contribution in [1.29, 1.82) is 0 Å². The van der Waals surface area contributed by atoms with E-state index in [1.54, 1.807) is 6.42 Å². The van der Waals surface area contributed by atoms with Crippen molar-refractivity contribution >= 4 is 17.1 Å². The van der Waals surface area contributed by atoms with Crippen LogP contribution in [0.3, 0.4) is 0 Å². The van der Waals surface area contributed by atoms with Crippen LogP contribution in [0.25, 0.3) is 5.01 Å². The van der Waals surface area contributed by atoms with Crippen molar-refractivity contribution < 1.29 is 14.5 Å². The standard InChI is InChI=1S/C26H42N2O2.C17H28.C9H14N2O2/c1-6-7-8-15(4)24-16(5)19-12-20(24)21-13-22-23(28-30-26(22)25(19)21)11-17-10-18(29-27-17)9-14(2)3;1-4-5-7-11(2)17-12(3)15-10-16(17)14-9-6-8-13(14)15;1-7(2)5-9-6-8(11-13-9)3-4-10-12/h14-16,18-22,24-26H,6-13H2,1-5H3;6,8,11-17H,4-5,7,9-10H2,1-3H3;7,9H,3,5-6H2,1-2H3. The van der Waals surface area contributed by atoms with Crippen LogP contribution in [-0.4, -0.2) is 35.4 Å². The van der Waals surface area contributed by atoms with Gasteiger partial charge >= 0.3 is 6.07 Å². The van der Waals surface area contributed by atoms with Crippen LogP contribution in [0.1, 0.15) is 172 Å². The molecule has 0 amide bonds. The molecule has 9 aliphatic rings. The zero-order valence-electron chi connectivity index (χ0n) is 39.4. The third-order valence-corrected chi connectivity index (χ3v) is 17.6. The van der Waals surface area contributed by atoms with E-state index in [2.05, 4.69) is 108 Å². The Kier molecular flexibility index (Phi) is 15.4. The van der Waals surface area contributed by atoms with Gasteiger partial charge in [0.15, 0.2) is 0 Å². The number of rotatable bonds is 15. The molecule has 3 heterocycles. The van der Waals surface area contributed by atoms with Gasteiger partial charge in [-0.05, 0) is 127 Å². The predicted octanol–water partition coefficient (Wildman–Crippen LogP) is 13.6. The van der Waals surface area contributed by atoms with Crippen molar-refractivity contribution in [2.24, 2.45) is 116 Å². The fourth-order valence-corrected chi connectivity index (χ4v) is 15.4. The molecule has 3 aliphatic heterocycles. The summed E-state index contributed by atoms with van der Waals surface area (Å²) < 4.78 is 0. The van der Waals surface area contributed by atoms with Crippen molar-refractivity contribution in [2.45, 2.75) is 190 Å². The number of hydrogen-bond acceptors (Lipinski definition) is 7. The van der Waals surface area contributed by atoms with Gasteiger partial charge < -0.3 is 19.7 Å². The minimum atomic E-state index is 0.184. The van der Waals surface area contributed by atoms with Gasteiger partial charge in [0.25, 0.3) is 0 Å². The summed E-state index contributed by atoms with van der Waals surface area (Å²) in [5.74, 6) is 15.0. The van der Waals surface area contributed by atoms with Crippen molar-refractivity contribution in [3.05, 3.63) is 22.4 Å². The highest BCUT2D eigenvalue weighted by molar-refractivity contribution is 6.06. The Morgan fingerprint density at radius 3 is 1.92 bits per heavy atom. The van der Waals surface area contributed by atoms with Gasteiger partial charge in [-0.1, -0.05) is 135 Å². The van der Waals surface area contributed by atoms with Gasteiger partial charge in [-0.15, -0.1) is 0 Å². The Hall–Kier alpha value is -2.56. The maximum Gasteiger partial charge on any atom is 0.304 e. The van der Waals surface area contributed by atoms with Crippen LogP contribution >= 0.6 is 0 Å². The highest BCUT2D eigenvalue weighted by Crippen LogP contribution is 2.67. The van der Waals surface area contributed by atoms with Gasteiger partial charge in [0.1, 0.15) is 24.7 Å². The average Bonchev–Trinajstić information content (AvgIpc) is 4.06. The van der Waals surface area contributed by atoms with Crippen LogP contribution < -0.4 is 0 Å². The summed E-state index contributed by atoms with van der Waals surface area (Å²) in [6, 6.07) is 2.32. The van der Waals surface area contributed by atoms with Crippen molar-refractivity contribution in [3.63, 3.8) is 0 Å². The zero-order chi connectivity index (χ0) is 42.7. The second-order valence-corrected chi connectivity index (χ2v) is 22.4. The average molecular weight is 829 g/mol. The molecule has 6 aliphatic carbocycles. The van der Waals surface area contributed by atoms with Crippen molar-refractivity contribution in [1.82, 2.24) is 0 Å². The molecule has 0 aromatic rings. The number of nitrogens with zero attached hydrogens (tertiary/aromatic N) is 4. The van der Waals surface area contributed by atoms with Crippen LogP contribution in [-0.2, 0) is 14.5 Å². The van der Waals surface area contributed by atoms with E-state index in [4.69, 9.17) is 14.5 Å². The lowest BCUT2D eigenvalue weighted by atomic mass is 9.65. The first-order valence-corrected chi connectivity index (χ1v) is 25.3. The summed E-state index contributed by atoms with van der Waals surface area (Å²) in [5.41, 5.74) is 3.32. The molecule has 0 radical (unpaired) electrons. The molecule has 0 aromatic heterocycles. The van der Waals surface area contributed by atoms with E-state index in [-0.39, 0.29) is 12.2 Å². The number of fused-ring (bicyclic) bond motifs is 12. The number of oxime groups is 3. The first-order chi connectivity index (χ1) is 28.9. The minimum Gasteiger partial charge on any atom is -0.498 e. The smallest absolute Gasteiger partial charge is 0.304 e. The maximum atomic E-state index is 9.76. The van der Waals surface area contributed by atoms with E-state index in [0.717, 1.165) is 121 Å². The van der Waals surface area contributed by atoms with E-state index in [9.17, 15) is 5.21 Å². The van der Waals surface area contributed by atoms with Gasteiger partial charge in [-0.2, -0.15) is 0 Å². The Balaban J connectivity index is 0.000000153. The minimum absolute atomic E-state index is 0.184. The molecule has 0 saturated heterocycles. The Bertz CT molecular complexity index is 1610. The summed E-state index contributed by atoms with van der Waals surface area (Å²) in [5, 5.41) is 25.2. The van der Waals surface area contributed by atoms with Crippen LogP contribution in [0.4, 0.5) is 0 Å². The Labute approximate surface area is 365 Å². The molecular formula is C52H84N4O4. The third-order valence-electron chi connectivity index (χ3n) is 17.6. The molecule has 4 bridgehead atoms. The monoisotopic (exact) mass is 829 g/mol. The molecule has 18 atom stereocenters. The van der Waals surface area contributed by atoms with Gasteiger partial charge in [0.05, 0.1) is 17.1 Å². The summed E-state index contributed by atoms with van der Waals surface area (Å²) >= 11 is 0. The third kappa shape index (κ3) is 9.66. The molecule has 0 spiro atoms. The van der Waals surface area contributed by atoms with Crippen molar-refractivity contribution in [3.8, 4) is 6.07 Å². The van der Waals surface area contributed by atoms with Gasteiger partial charge in [-0.3, -0.25) is 0 Å². The fraction of sp³-hybridized carbons (Fsp3) is 0.885.